The molecule has 0 saturated heterocycles. The van der Waals surface area contributed by atoms with E-state index in [1.165, 1.54) is 0 Å². The molecule has 0 fully saturated rings. The van der Waals surface area contributed by atoms with Gasteiger partial charge < -0.3 is 9.47 Å². The molecule has 3 aromatic carbocycles. The summed E-state index contributed by atoms with van der Waals surface area (Å²) >= 11 is 0. The topological polar surface area (TPSA) is 47.9 Å². The van der Waals surface area contributed by atoms with Crippen LogP contribution < -0.4 is 4.74 Å². The number of methoxy groups -OCH3 is 1. The monoisotopic (exact) mass is 355 g/mol. The maximum absolute atomic E-state index is 12.2. The first kappa shape index (κ1) is 16.8. The Morgan fingerprint density at radius 1 is 0.852 bits per heavy atom. The standard InChI is InChI=1S/C23H17NO3/c1-26-20-9-5-6-16(14-20)15-21-23(25)27-22(24-21)19-12-10-18(11-13-19)17-7-3-2-4-8-17/h2-15H,1H3/b21-15+. The van der Waals surface area contributed by atoms with E-state index in [1.807, 2.05) is 66.7 Å². The molecule has 1 aliphatic heterocycles. The SMILES string of the molecule is COc1cccc(/C=C2/N=C(c3ccc(-c4ccccc4)cc3)OC2=O)c1. The van der Waals surface area contributed by atoms with Crippen LogP contribution in [0.3, 0.4) is 0 Å². The van der Waals surface area contributed by atoms with Gasteiger partial charge in [-0.2, -0.15) is 0 Å². The Morgan fingerprint density at radius 2 is 1.56 bits per heavy atom. The lowest BCUT2D eigenvalue weighted by atomic mass is 10.0. The van der Waals surface area contributed by atoms with Gasteiger partial charge in [0.2, 0.25) is 5.90 Å². The number of aliphatic imine (C=N–C) groups is 1. The molecule has 0 spiro atoms. The van der Waals surface area contributed by atoms with Gasteiger partial charge in [-0.05, 0) is 47.0 Å². The van der Waals surface area contributed by atoms with Gasteiger partial charge in [0.05, 0.1) is 7.11 Å². The fourth-order valence-electron chi connectivity index (χ4n) is 2.86. The van der Waals surface area contributed by atoms with E-state index in [0.717, 1.165) is 28.0 Å². The average Bonchev–Trinajstić information content (AvgIpc) is 3.09. The van der Waals surface area contributed by atoms with Gasteiger partial charge in [0.15, 0.2) is 5.70 Å². The van der Waals surface area contributed by atoms with Crippen LogP contribution in [0.25, 0.3) is 17.2 Å². The predicted molar refractivity (Wildman–Crippen MR) is 105 cm³/mol. The smallest absolute Gasteiger partial charge is 0.363 e. The van der Waals surface area contributed by atoms with Crippen LogP contribution in [0.4, 0.5) is 0 Å². The molecule has 0 bridgehead atoms. The molecule has 4 rings (SSSR count). The molecule has 0 saturated carbocycles. The lowest BCUT2D eigenvalue weighted by Gasteiger charge is -2.03. The Kier molecular flexibility index (Phi) is 4.54. The van der Waals surface area contributed by atoms with Gasteiger partial charge in [-0.25, -0.2) is 9.79 Å². The van der Waals surface area contributed by atoms with Crippen molar-refractivity contribution in [3.8, 4) is 16.9 Å². The van der Waals surface area contributed by atoms with Crippen molar-refractivity contribution >= 4 is 17.9 Å². The molecule has 3 aromatic rings. The summed E-state index contributed by atoms with van der Waals surface area (Å²) in [5.41, 5.74) is 4.08. The maximum Gasteiger partial charge on any atom is 0.363 e. The first-order chi connectivity index (χ1) is 13.2. The van der Waals surface area contributed by atoms with Crippen molar-refractivity contribution in [2.45, 2.75) is 0 Å². The van der Waals surface area contributed by atoms with E-state index in [-0.39, 0.29) is 5.70 Å². The van der Waals surface area contributed by atoms with Gasteiger partial charge >= 0.3 is 5.97 Å². The van der Waals surface area contributed by atoms with Crippen molar-refractivity contribution in [1.82, 2.24) is 0 Å². The first-order valence-electron chi connectivity index (χ1n) is 8.55. The van der Waals surface area contributed by atoms with E-state index in [4.69, 9.17) is 9.47 Å². The number of rotatable bonds is 4. The van der Waals surface area contributed by atoms with E-state index in [0.29, 0.717) is 5.90 Å². The van der Waals surface area contributed by atoms with Crippen molar-refractivity contribution < 1.29 is 14.3 Å². The normalized spacial score (nSPS) is 14.8. The van der Waals surface area contributed by atoms with Crippen LogP contribution >= 0.6 is 0 Å². The first-order valence-corrected chi connectivity index (χ1v) is 8.55. The number of nitrogens with zero attached hydrogens (tertiary/aromatic N) is 1. The highest BCUT2D eigenvalue weighted by atomic mass is 16.6. The number of esters is 1. The molecule has 0 aliphatic carbocycles. The maximum atomic E-state index is 12.2. The summed E-state index contributed by atoms with van der Waals surface area (Å²) in [6, 6.07) is 25.3. The zero-order valence-corrected chi connectivity index (χ0v) is 14.8. The minimum Gasteiger partial charge on any atom is -0.497 e. The predicted octanol–water partition coefficient (Wildman–Crippen LogP) is 4.71. The lowest BCUT2D eigenvalue weighted by molar-refractivity contribution is -0.129. The molecule has 0 unspecified atom stereocenters. The van der Waals surface area contributed by atoms with E-state index < -0.39 is 5.97 Å². The van der Waals surface area contributed by atoms with E-state index in [2.05, 4.69) is 17.1 Å². The Morgan fingerprint density at radius 3 is 2.30 bits per heavy atom. The zero-order valence-electron chi connectivity index (χ0n) is 14.8. The number of hydrogen-bond donors (Lipinski definition) is 0. The number of carbonyl (C=O) groups excluding carboxylic acids is 1. The summed E-state index contributed by atoms with van der Waals surface area (Å²) in [6.07, 6.45) is 1.69. The summed E-state index contributed by atoms with van der Waals surface area (Å²) in [5, 5.41) is 0. The average molecular weight is 355 g/mol. The third-order valence-electron chi connectivity index (χ3n) is 4.26. The van der Waals surface area contributed by atoms with Crippen LogP contribution in [0.5, 0.6) is 5.75 Å². The Labute approximate surface area is 157 Å². The minimum atomic E-state index is -0.458. The molecule has 0 N–H and O–H groups in total. The Hall–Kier alpha value is -3.66. The number of ether oxygens (including phenoxy) is 2. The second kappa shape index (κ2) is 7.30. The number of hydrogen-bond acceptors (Lipinski definition) is 4. The van der Waals surface area contributed by atoms with Gasteiger partial charge in [0.25, 0.3) is 0 Å². The Balaban J connectivity index is 1.60. The zero-order chi connectivity index (χ0) is 18.6. The second-order valence-corrected chi connectivity index (χ2v) is 6.06. The molecular formula is C23H17NO3. The fourth-order valence-corrected chi connectivity index (χ4v) is 2.86. The van der Waals surface area contributed by atoms with Gasteiger partial charge in [0, 0.05) is 5.56 Å². The van der Waals surface area contributed by atoms with Gasteiger partial charge in [0.1, 0.15) is 5.75 Å². The van der Waals surface area contributed by atoms with E-state index >= 15 is 0 Å². The highest BCUT2D eigenvalue weighted by molar-refractivity contribution is 6.13. The largest absolute Gasteiger partial charge is 0.497 e. The highest BCUT2D eigenvalue weighted by Crippen LogP contribution is 2.23. The summed E-state index contributed by atoms with van der Waals surface area (Å²) in [4.78, 5) is 16.5. The number of cyclic esters (lactones) is 1. The molecular weight excluding hydrogens is 338 g/mol. The quantitative estimate of drug-likeness (QED) is 0.503. The molecule has 4 nitrogen and oxygen atoms in total. The highest BCUT2D eigenvalue weighted by Gasteiger charge is 2.24. The summed E-state index contributed by atoms with van der Waals surface area (Å²) in [5.74, 6) is 0.574. The van der Waals surface area contributed by atoms with E-state index in [9.17, 15) is 4.79 Å². The van der Waals surface area contributed by atoms with Crippen molar-refractivity contribution in [1.29, 1.82) is 0 Å². The third-order valence-corrected chi connectivity index (χ3v) is 4.26. The lowest BCUT2D eigenvalue weighted by Crippen LogP contribution is -2.05. The molecule has 1 aliphatic rings. The van der Waals surface area contributed by atoms with Crippen LogP contribution in [0.1, 0.15) is 11.1 Å². The van der Waals surface area contributed by atoms with Gasteiger partial charge in [-0.15, -0.1) is 0 Å². The fraction of sp³-hybridized carbons (Fsp3) is 0.0435. The molecule has 0 aromatic heterocycles. The second-order valence-electron chi connectivity index (χ2n) is 6.06. The minimum absolute atomic E-state index is 0.269. The van der Waals surface area contributed by atoms with Crippen LogP contribution in [0.2, 0.25) is 0 Å². The van der Waals surface area contributed by atoms with Crippen LogP contribution in [-0.2, 0) is 9.53 Å². The third kappa shape index (κ3) is 3.65. The molecule has 0 radical (unpaired) electrons. The van der Waals surface area contributed by atoms with Crippen LogP contribution in [0, 0.1) is 0 Å². The van der Waals surface area contributed by atoms with Gasteiger partial charge in [-0.1, -0.05) is 54.6 Å². The van der Waals surface area contributed by atoms with Crippen molar-refractivity contribution in [3.63, 3.8) is 0 Å². The van der Waals surface area contributed by atoms with Crippen LogP contribution in [-0.4, -0.2) is 19.0 Å². The summed E-state index contributed by atoms with van der Waals surface area (Å²) in [6.45, 7) is 0. The molecule has 132 valence electrons. The molecule has 27 heavy (non-hydrogen) atoms. The number of carbonyl (C=O) groups is 1. The molecule has 1 heterocycles. The molecule has 4 heteroatoms. The molecule has 0 atom stereocenters. The Bertz CT molecular complexity index is 1030. The van der Waals surface area contributed by atoms with Gasteiger partial charge in [-0.3, -0.25) is 0 Å². The molecule has 0 amide bonds. The van der Waals surface area contributed by atoms with Crippen LogP contribution in [0.15, 0.2) is 89.6 Å². The van der Waals surface area contributed by atoms with E-state index in [1.54, 1.807) is 13.2 Å². The van der Waals surface area contributed by atoms with Crippen molar-refractivity contribution in [3.05, 3.63) is 95.7 Å². The number of benzene rings is 3. The summed E-state index contributed by atoms with van der Waals surface area (Å²) < 4.78 is 10.5. The summed E-state index contributed by atoms with van der Waals surface area (Å²) in [7, 11) is 1.60. The van der Waals surface area contributed by atoms with Crippen molar-refractivity contribution in [2.75, 3.05) is 7.11 Å². The van der Waals surface area contributed by atoms with Crippen molar-refractivity contribution in [2.24, 2.45) is 4.99 Å².